The number of nitro benzene ring substituents is 1. The van der Waals surface area contributed by atoms with E-state index in [9.17, 15) is 10.1 Å². The van der Waals surface area contributed by atoms with Gasteiger partial charge in [0.1, 0.15) is 6.61 Å². The molecule has 0 radical (unpaired) electrons. The van der Waals surface area contributed by atoms with Crippen molar-refractivity contribution in [3.8, 4) is 11.5 Å². The molecule has 1 N–H and O–H groups in total. The van der Waals surface area contributed by atoms with E-state index in [1.54, 1.807) is 26.2 Å². The Kier molecular flexibility index (Phi) is 7.19. The second-order valence-electron chi connectivity index (χ2n) is 7.48. The number of nitro groups is 1. The average molecular weight is 426 g/mol. The van der Waals surface area contributed by atoms with Gasteiger partial charge in [0.05, 0.1) is 18.1 Å². The zero-order valence-electron chi connectivity index (χ0n) is 18.0. The van der Waals surface area contributed by atoms with Crippen molar-refractivity contribution in [3.63, 3.8) is 0 Å². The highest BCUT2D eigenvalue weighted by Gasteiger charge is 2.21. The highest BCUT2D eigenvalue weighted by molar-refractivity contribution is 5.43. The number of methoxy groups -OCH3 is 1. The largest absolute Gasteiger partial charge is 0.493 e. The lowest BCUT2D eigenvalue weighted by Crippen LogP contribution is -2.25. The van der Waals surface area contributed by atoms with Gasteiger partial charge >= 0.3 is 0 Å². The topological polar surface area (TPSA) is 113 Å². The Morgan fingerprint density at radius 3 is 2.42 bits per heavy atom. The number of non-ortho nitro benzene ring substituents is 1. The normalized spacial score (nSPS) is 12.0. The van der Waals surface area contributed by atoms with E-state index in [-0.39, 0.29) is 24.3 Å². The molecule has 0 saturated heterocycles. The highest BCUT2D eigenvalue weighted by Crippen LogP contribution is 2.30. The Morgan fingerprint density at radius 2 is 1.84 bits per heavy atom. The molecule has 0 spiro atoms. The number of hydrogen-bond acceptors (Lipinski definition) is 8. The van der Waals surface area contributed by atoms with E-state index in [1.807, 2.05) is 18.2 Å². The highest BCUT2D eigenvalue weighted by atomic mass is 16.6. The van der Waals surface area contributed by atoms with Crippen molar-refractivity contribution < 1.29 is 18.9 Å². The van der Waals surface area contributed by atoms with Gasteiger partial charge in [0, 0.05) is 18.7 Å². The summed E-state index contributed by atoms with van der Waals surface area (Å²) in [4.78, 5) is 14.7. The maximum atomic E-state index is 10.8. The van der Waals surface area contributed by atoms with Crippen LogP contribution in [0.25, 0.3) is 0 Å². The molecule has 0 aliphatic carbocycles. The summed E-state index contributed by atoms with van der Waals surface area (Å²) in [6.45, 7) is 6.84. The van der Waals surface area contributed by atoms with Crippen LogP contribution in [0.2, 0.25) is 0 Å². The van der Waals surface area contributed by atoms with Gasteiger partial charge in [-0.3, -0.25) is 10.1 Å². The van der Waals surface area contributed by atoms with Crippen molar-refractivity contribution >= 4 is 5.69 Å². The maximum Gasteiger partial charge on any atom is 0.269 e. The first kappa shape index (κ1) is 22.2. The summed E-state index contributed by atoms with van der Waals surface area (Å²) in [6.07, 6.45) is 0. The Hall–Kier alpha value is -3.46. The molecule has 2 aromatic carbocycles. The Balaban J connectivity index is 1.64. The quantitative estimate of drug-likeness (QED) is 0.376. The van der Waals surface area contributed by atoms with Gasteiger partial charge in [0.25, 0.3) is 5.69 Å². The molecule has 9 nitrogen and oxygen atoms in total. The molecule has 31 heavy (non-hydrogen) atoms. The number of aromatic nitrogens is 2. The van der Waals surface area contributed by atoms with Gasteiger partial charge in [-0.15, -0.1) is 0 Å². The number of rotatable bonds is 10. The standard InChI is InChI=1S/C22H26N4O5/c1-14(2)21(22-24-15(3)25-31-22)23-12-17-7-10-19(20(11-17)29-4)30-13-16-5-8-18(9-6-16)26(27)28/h5-11,14,21,23H,12-13H2,1-4H3/t21-/m0/s1. The molecule has 0 aliphatic rings. The van der Waals surface area contributed by atoms with Crippen LogP contribution < -0.4 is 14.8 Å². The summed E-state index contributed by atoms with van der Waals surface area (Å²) in [6, 6.07) is 11.9. The number of aryl methyl sites for hydroxylation is 1. The van der Waals surface area contributed by atoms with Crippen LogP contribution in [0.5, 0.6) is 11.5 Å². The van der Waals surface area contributed by atoms with Gasteiger partial charge in [-0.2, -0.15) is 4.98 Å². The van der Waals surface area contributed by atoms with Gasteiger partial charge in [0.2, 0.25) is 5.89 Å². The van der Waals surface area contributed by atoms with E-state index in [1.165, 1.54) is 12.1 Å². The van der Waals surface area contributed by atoms with Gasteiger partial charge in [-0.25, -0.2) is 0 Å². The van der Waals surface area contributed by atoms with Gasteiger partial charge in [0.15, 0.2) is 17.3 Å². The SMILES string of the molecule is COc1cc(CN[C@H](c2nc(C)no2)C(C)C)ccc1OCc1ccc([N+](=O)[O-])cc1. The fraction of sp³-hybridized carbons (Fsp3) is 0.364. The molecule has 1 aromatic heterocycles. The summed E-state index contributed by atoms with van der Waals surface area (Å²) < 4.78 is 16.7. The molecule has 1 heterocycles. The molecular formula is C22H26N4O5. The van der Waals surface area contributed by atoms with Crippen LogP contribution in [-0.2, 0) is 13.2 Å². The van der Waals surface area contributed by atoms with Crippen molar-refractivity contribution in [1.82, 2.24) is 15.5 Å². The first-order valence-corrected chi connectivity index (χ1v) is 9.94. The van der Waals surface area contributed by atoms with Gasteiger partial charge in [-0.05, 0) is 48.2 Å². The van der Waals surface area contributed by atoms with Crippen molar-refractivity contribution in [2.75, 3.05) is 7.11 Å². The van der Waals surface area contributed by atoms with Gasteiger partial charge < -0.3 is 19.3 Å². The number of benzene rings is 2. The van der Waals surface area contributed by atoms with E-state index in [0.29, 0.717) is 29.8 Å². The predicted octanol–water partition coefficient (Wildman–Crippen LogP) is 4.36. The molecule has 0 saturated carbocycles. The third-order valence-corrected chi connectivity index (χ3v) is 4.77. The summed E-state index contributed by atoms with van der Waals surface area (Å²) in [5.41, 5.74) is 1.89. The smallest absolute Gasteiger partial charge is 0.269 e. The second kappa shape index (κ2) is 10.0. The van der Waals surface area contributed by atoms with E-state index in [4.69, 9.17) is 14.0 Å². The van der Waals surface area contributed by atoms with E-state index < -0.39 is 4.92 Å². The number of ether oxygens (including phenoxy) is 2. The van der Waals surface area contributed by atoms with Crippen molar-refractivity contribution in [1.29, 1.82) is 0 Å². The van der Waals surface area contributed by atoms with Crippen LogP contribution in [-0.4, -0.2) is 22.2 Å². The first-order chi connectivity index (χ1) is 14.9. The number of hydrogen-bond donors (Lipinski definition) is 1. The Bertz CT molecular complexity index is 1020. The molecule has 0 unspecified atom stereocenters. The lowest BCUT2D eigenvalue weighted by Gasteiger charge is -2.19. The van der Waals surface area contributed by atoms with Crippen LogP contribution in [0.15, 0.2) is 47.0 Å². The summed E-state index contributed by atoms with van der Waals surface area (Å²) in [5, 5.41) is 18.1. The molecular weight excluding hydrogens is 400 g/mol. The maximum absolute atomic E-state index is 10.8. The molecule has 0 fully saturated rings. The third kappa shape index (κ3) is 5.79. The summed E-state index contributed by atoms with van der Waals surface area (Å²) in [7, 11) is 1.59. The summed E-state index contributed by atoms with van der Waals surface area (Å²) >= 11 is 0. The Labute approximate surface area is 180 Å². The minimum atomic E-state index is -0.427. The lowest BCUT2D eigenvalue weighted by molar-refractivity contribution is -0.384. The van der Waals surface area contributed by atoms with Crippen molar-refractivity contribution in [2.45, 2.75) is 40.0 Å². The molecule has 9 heteroatoms. The monoisotopic (exact) mass is 426 g/mol. The fourth-order valence-corrected chi connectivity index (χ4v) is 3.09. The number of nitrogens with zero attached hydrogens (tertiary/aromatic N) is 3. The zero-order valence-corrected chi connectivity index (χ0v) is 18.0. The van der Waals surface area contributed by atoms with Crippen molar-refractivity contribution in [2.24, 2.45) is 5.92 Å². The average Bonchev–Trinajstić information content (AvgIpc) is 3.18. The predicted molar refractivity (Wildman–Crippen MR) is 114 cm³/mol. The fourth-order valence-electron chi connectivity index (χ4n) is 3.09. The minimum absolute atomic E-state index is 0.0496. The summed E-state index contributed by atoms with van der Waals surface area (Å²) in [5.74, 6) is 2.65. The van der Waals surface area contributed by atoms with Crippen LogP contribution >= 0.6 is 0 Å². The van der Waals surface area contributed by atoms with Crippen LogP contribution in [0.1, 0.15) is 42.7 Å². The molecule has 3 rings (SSSR count). The van der Waals surface area contributed by atoms with E-state index in [2.05, 4.69) is 29.3 Å². The lowest BCUT2D eigenvalue weighted by atomic mass is 10.0. The third-order valence-electron chi connectivity index (χ3n) is 4.77. The molecule has 3 aromatic rings. The number of nitrogens with one attached hydrogen (secondary N) is 1. The first-order valence-electron chi connectivity index (χ1n) is 9.94. The molecule has 0 bridgehead atoms. The minimum Gasteiger partial charge on any atom is -0.493 e. The second-order valence-corrected chi connectivity index (χ2v) is 7.48. The van der Waals surface area contributed by atoms with Gasteiger partial charge in [-0.1, -0.05) is 25.1 Å². The van der Waals surface area contributed by atoms with E-state index >= 15 is 0 Å². The van der Waals surface area contributed by atoms with Crippen LogP contribution in [0.3, 0.4) is 0 Å². The van der Waals surface area contributed by atoms with Crippen molar-refractivity contribution in [3.05, 3.63) is 75.4 Å². The van der Waals surface area contributed by atoms with E-state index in [0.717, 1.165) is 11.1 Å². The van der Waals surface area contributed by atoms with Crippen LogP contribution in [0, 0.1) is 23.0 Å². The molecule has 164 valence electrons. The molecule has 0 aliphatic heterocycles. The molecule has 1 atom stereocenters. The molecule has 0 amide bonds. The van der Waals surface area contributed by atoms with Crippen LogP contribution in [0.4, 0.5) is 5.69 Å². The Morgan fingerprint density at radius 1 is 1.13 bits per heavy atom. The zero-order chi connectivity index (χ0) is 22.4.